The van der Waals surface area contributed by atoms with Gasteiger partial charge in [-0.15, -0.1) is 0 Å². The zero-order valence-electron chi connectivity index (χ0n) is 19.4. The van der Waals surface area contributed by atoms with Crippen molar-refractivity contribution in [1.82, 2.24) is 31.1 Å². The maximum Gasteiger partial charge on any atom is 0.328 e. The number of guanidine groups is 1. The predicted octanol–water partition coefficient (Wildman–Crippen LogP) is -2.24. The fourth-order valence-corrected chi connectivity index (χ4v) is 3.48. The van der Waals surface area contributed by atoms with Gasteiger partial charge < -0.3 is 31.3 Å². The van der Waals surface area contributed by atoms with E-state index >= 15 is 0 Å². The molecule has 5 N–H and O–H groups in total. The van der Waals surface area contributed by atoms with Gasteiger partial charge in [-0.05, 0) is 6.42 Å². The number of amides is 5. The molecule has 0 aliphatic carbocycles. The summed E-state index contributed by atoms with van der Waals surface area (Å²) in [6.07, 6.45) is 0.557. The van der Waals surface area contributed by atoms with E-state index in [1.807, 2.05) is 0 Å². The van der Waals surface area contributed by atoms with Gasteiger partial charge >= 0.3 is 12.0 Å². The molecule has 0 spiro atoms. The molecular formula is C22H27N7O7. The lowest BCUT2D eigenvalue weighted by atomic mass is 10.1. The van der Waals surface area contributed by atoms with Crippen LogP contribution in [0.2, 0.25) is 0 Å². The van der Waals surface area contributed by atoms with Gasteiger partial charge in [0, 0.05) is 31.7 Å². The second kappa shape index (κ2) is 12.3. The van der Waals surface area contributed by atoms with Gasteiger partial charge in [-0.3, -0.25) is 29.1 Å². The van der Waals surface area contributed by atoms with Crippen molar-refractivity contribution in [1.29, 1.82) is 0 Å². The minimum absolute atomic E-state index is 0.0820. The number of imide groups is 1. The lowest BCUT2D eigenvalue weighted by Crippen LogP contribution is -2.51. The third kappa shape index (κ3) is 7.01. The third-order valence-electron chi connectivity index (χ3n) is 5.35. The van der Waals surface area contributed by atoms with Gasteiger partial charge in [0.15, 0.2) is 5.96 Å². The summed E-state index contributed by atoms with van der Waals surface area (Å²) in [6.45, 7) is 0.987. The molecule has 2 aliphatic rings. The molecule has 14 heteroatoms. The normalized spacial score (nSPS) is 15.7. The second-order valence-electron chi connectivity index (χ2n) is 7.98. The molecule has 1 atom stereocenters. The number of hydrogen-bond donors (Lipinski definition) is 5. The van der Waals surface area contributed by atoms with Gasteiger partial charge in [0.25, 0.3) is 11.8 Å². The zero-order valence-corrected chi connectivity index (χ0v) is 19.4. The van der Waals surface area contributed by atoms with Gasteiger partial charge in [-0.2, -0.15) is 0 Å². The van der Waals surface area contributed by atoms with Gasteiger partial charge in [0.2, 0.25) is 11.7 Å². The van der Waals surface area contributed by atoms with Crippen molar-refractivity contribution in [2.75, 3.05) is 45.8 Å². The van der Waals surface area contributed by atoms with Crippen LogP contribution in [0.25, 0.3) is 0 Å². The highest BCUT2D eigenvalue weighted by atomic mass is 16.4. The van der Waals surface area contributed by atoms with Crippen molar-refractivity contribution >= 4 is 41.5 Å². The molecule has 14 nitrogen and oxygen atoms in total. The average Bonchev–Trinajstić information content (AvgIpc) is 3.48. The predicted molar refractivity (Wildman–Crippen MR) is 125 cm³/mol. The number of carboxylic acid groups (broad SMARTS) is 1. The number of benzene rings is 1. The Balaban J connectivity index is 1.43. The molecule has 3 rings (SSSR count). The summed E-state index contributed by atoms with van der Waals surface area (Å²) < 4.78 is 0. The standard InChI is InChI=1S/C22H27N7O7/c30-16(26-11-15(20(34)35)27-19(33)18(32)14-5-2-1-3-6-14)12-29-17(31)13-28(22(29)36)10-4-7-23-21-24-8-9-25-21/h1-3,5-6,15H,4,7-13H2,(H,26,30)(H,27,33)(H,34,35)(H2,23,24,25)/t15-/m0/s1. The summed E-state index contributed by atoms with van der Waals surface area (Å²) >= 11 is 0. The van der Waals surface area contributed by atoms with Crippen molar-refractivity contribution in [2.24, 2.45) is 4.99 Å². The third-order valence-corrected chi connectivity index (χ3v) is 5.35. The molecule has 0 radical (unpaired) electrons. The molecule has 0 unspecified atom stereocenters. The van der Waals surface area contributed by atoms with E-state index in [2.05, 4.69) is 26.3 Å². The number of aliphatic imine (C=N–C) groups is 1. The minimum Gasteiger partial charge on any atom is -0.480 e. The summed E-state index contributed by atoms with van der Waals surface area (Å²) in [4.78, 5) is 79.1. The van der Waals surface area contributed by atoms with Gasteiger partial charge in [-0.25, -0.2) is 9.59 Å². The number of ketones is 1. The van der Waals surface area contributed by atoms with Crippen LogP contribution in [-0.2, 0) is 19.2 Å². The number of aliphatic carboxylic acids is 1. The smallest absolute Gasteiger partial charge is 0.328 e. The molecule has 1 aromatic rings. The first-order chi connectivity index (χ1) is 17.3. The topological polar surface area (TPSA) is 190 Å². The fraction of sp³-hybridized carbons (Fsp3) is 0.409. The molecule has 0 aromatic heterocycles. The molecule has 0 bridgehead atoms. The van der Waals surface area contributed by atoms with Crippen LogP contribution in [0.3, 0.4) is 0 Å². The van der Waals surface area contributed by atoms with E-state index in [9.17, 15) is 33.9 Å². The zero-order chi connectivity index (χ0) is 26.1. The molecule has 1 fully saturated rings. The van der Waals surface area contributed by atoms with Crippen LogP contribution in [0.15, 0.2) is 35.3 Å². The average molecular weight is 502 g/mol. The van der Waals surface area contributed by atoms with E-state index in [0.717, 1.165) is 11.4 Å². The summed E-state index contributed by atoms with van der Waals surface area (Å²) in [6, 6.07) is 5.36. The minimum atomic E-state index is -1.60. The number of urea groups is 1. The molecule has 1 saturated heterocycles. The van der Waals surface area contributed by atoms with E-state index in [4.69, 9.17) is 0 Å². The summed E-state index contributed by atoms with van der Waals surface area (Å²) in [5.74, 6) is -4.20. The van der Waals surface area contributed by atoms with Crippen LogP contribution >= 0.6 is 0 Å². The number of carbonyl (C=O) groups is 6. The van der Waals surface area contributed by atoms with Crippen LogP contribution in [0.1, 0.15) is 16.8 Å². The summed E-state index contributed by atoms with van der Waals surface area (Å²) in [5, 5.41) is 19.8. The summed E-state index contributed by atoms with van der Waals surface area (Å²) in [5.41, 5.74) is 0.0820. The quantitative estimate of drug-likeness (QED) is 0.0912. The van der Waals surface area contributed by atoms with Crippen LogP contribution in [0.4, 0.5) is 4.79 Å². The van der Waals surface area contributed by atoms with Crippen molar-refractivity contribution in [3.63, 3.8) is 0 Å². The SMILES string of the molecule is O=C(CN1C(=O)CN(CCCNC2=NCCN2)C1=O)NC[C@H](NC(=O)C(=O)c1ccccc1)C(=O)O. The van der Waals surface area contributed by atoms with Crippen LogP contribution < -0.4 is 21.3 Å². The number of Topliss-reactive ketones (excluding diaryl/α,β-unsaturated/α-hetero) is 1. The molecular weight excluding hydrogens is 474 g/mol. The first-order valence-electron chi connectivity index (χ1n) is 11.3. The Morgan fingerprint density at radius 3 is 2.56 bits per heavy atom. The fourth-order valence-electron chi connectivity index (χ4n) is 3.48. The number of carbonyl (C=O) groups excluding carboxylic acids is 5. The Bertz CT molecular complexity index is 1060. The number of nitrogens with one attached hydrogen (secondary N) is 4. The maximum absolute atomic E-state index is 12.5. The monoisotopic (exact) mass is 501 g/mol. The van der Waals surface area contributed by atoms with Gasteiger partial charge in [-0.1, -0.05) is 30.3 Å². The van der Waals surface area contributed by atoms with E-state index in [0.29, 0.717) is 32.0 Å². The van der Waals surface area contributed by atoms with Crippen molar-refractivity contribution in [3.05, 3.63) is 35.9 Å². The number of rotatable bonds is 12. The largest absolute Gasteiger partial charge is 0.480 e. The molecule has 192 valence electrons. The lowest BCUT2D eigenvalue weighted by Gasteiger charge is -2.18. The number of hydrogen-bond acceptors (Lipinski definition) is 9. The molecule has 36 heavy (non-hydrogen) atoms. The first-order valence-corrected chi connectivity index (χ1v) is 11.3. The molecule has 2 heterocycles. The Morgan fingerprint density at radius 1 is 1.14 bits per heavy atom. The Kier molecular flexibility index (Phi) is 8.91. The van der Waals surface area contributed by atoms with E-state index in [1.54, 1.807) is 18.2 Å². The first kappa shape index (κ1) is 26.1. The van der Waals surface area contributed by atoms with Crippen LogP contribution in [-0.4, -0.2) is 108 Å². The molecule has 0 saturated carbocycles. The van der Waals surface area contributed by atoms with Crippen molar-refractivity contribution in [3.8, 4) is 0 Å². The van der Waals surface area contributed by atoms with Crippen LogP contribution in [0.5, 0.6) is 0 Å². The highest BCUT2D eigenvalue weighted by Crippen LogP contribution is 2.10. The Hall–Kier alpha value is -4.49. The number of carboxylic acids is 1. The lowest BCUT2D eigenvalue weighted by molar-refractivity contribution is -0.141. The van der Waals surface area contributed by atoms with Crippen molar-refractivity contribution in [2.45, 2.75) is 12.5 Å². The maximum atomic E-state index is 12.5. The Morgan fingerprint density at radius 2 is 1.89 bits per heavy atom. The highest BCUT2D eigenvalue weighted by Gasteiger charge is 2.37. The highest BCUT2D eigenvalue weighted by molar-refractivity contribution is 6.43. The second-order valence-corrected chi connectivity index (χ2v) is 7.98. The number of nitrogens with zero attached hydrogens (tertiary/aromatic N) is 3. The van der Waals surface area contributed by atoms with Gasteiger partial charge in [0.1, 0.15) is 19.1 Å². The van der Waals surface area contributed by atoms with E-state index in [1.165, 1.54) is 17.0 Å². The van der Waals surface area contributed by atoms with E-state index in [-0.39, 0.29) is 12.1 Å². The molecule has 2 aliphatic heterocycles. The Labute approximate surface area is 206 Å². The van der Waals surface area contributed by atoms with Gasteiger partial charge in [0.05, 0.1) is 6.54 Å². The molecule has 1 aromatic carbocycles. The van der Waals surface area contributed by atoms with E-state index < -0.39 is 54.6 Å². The molecule has 5 amide bonds. The van der Waals surface area contributed by atoms with Crippen LogP contribution in [0, 0.1) is 0 Å². The van der Waals surface area contributed by atoms with Crippen molar-refractivity contribution < 1.29 is 33.9 Å². The summed E-state index contributed by atoms with van der Waals surface area (Å²) in [7, 11) is 0.